The van der Waals surface area contributed by atoms with E-state index in [1.165, 1.54) is 13.8 Å². The SMILES string of the molecule is CC(=O)OC1C2C(C)(CCC3C(C)(O)C(C)=CC(=O)C32C)C2C(C)OCC2(C(C)C)C1OC(C)=O. The van der Waals surface area contributed by atoms with E-state index in [2.05, 4.69) is 27.7 Å². The van der Waals surface area contributed by atoms with Crippen LogP contribution in [0.2, 0.25) is 0 Å². The number of hydrogen-bond acceptors (Lipinski definition) is 7. The third-order valence-corrected chi connectivity index (χ3v) is 10.6. The van der Waals surface area contributed by atoms with Crippen LogP contribution < -0.4 is 0 Å². The highest BCUT2D eigenvalue weighted by atomic mass is 16.6. The van der Waals surface area contributed by atoms with Crippen LogP contribution >= 0.6 is 0 Å². The first-order chi connectivity index (χ1) is 16.1. The van der Waals surface area contributed by atoms with Crippen molar-refractivity contribution in [1.82, 2.24) is 0 Å². The molecule has 3 fully saturated rings. The Morgan fingerprint density at radius 1 is 1.11 bits per heavy atom. The van der Waals surface area contributed by atoms with Crippen LogP contribution in [-0.4, -0.2) is 53.3 Å². The van der Waals surface area contributed by atoms with Crippen LogP contribution in [0.15, 0.2) is 11.6 Å². The van der Waals surface area contributed by atoms with Gasteiger partial charge in [-0.15, -0.1) is 0 Å². The minimum absolute atomic E-state index is 0.0290. The molecule has 10 unspecified atom stereocenters. The Kier molecular flexibility index (Phi) is 6.12. The second-order valence-corrected chi connectivity index (χ2v) is 12.6. The van der Waals surface area contributed by atoms with Gasteiger partial charge in [0.25, 0.3) is 0 Å². The Morgan fingerprint density at radius 2 is 1.71 bits per heavy atom. The molecule has 0 amide bonds. The molecule has 1 heterocycles. The van der Waals surface area contributed by atoms with Crippen molar-refractivity contribution in [3.8, 4) is 0 Å². The topological polar surface area (TPSA) is 99.1 Å². The zero-order valence-corrected chi connectivity index (χ0v) is 22.6. The van der Waals surface area contributed by atoms with E-state index in [0.717, 1.165) is 6.42 Å². The van der Waals surface area contributed by atoms with Gasteiger partial charge in [-0.25, -0.2) is 0 Å². The molecule has 0 spiro atoms. The molecule has 4 aliphatic rings. The van der Waals surface area contributed by atoms with Crippen molar-refractivity contribution >= 4 is 17.7 Å². The van der Waals surface area contributed by atoms with Crippen molar-refractivity contribution in [1.29, 1.82) is 0 Å². The Hall–Kier alpha value is -1.73. The van der Waals surface area contributed by atoms with Crippen molar-refractivity contribution in [3.63, 3.8) is 0 Å². The van der Waals surface area contributed by atoms with E-state index in [1.807, 2.05) is 6.92 Å². The van der Waals surface area contributed by atoms with E-state index in [1.54, 1.807) is 19.9 Å². The molecule has 4 rings (SSSR count). The maximum atomic E-state index is 13.9. The molecule has 0 aromatic heterocycles. The van der Waals surface area contributed by atoms with Crippen LogP contribution in [0.1, 0.15) is 75.2 Å². The van der Waals surface area contributed by atoms with E-state index < -0.39 is 51.9 Å². The van der Waals surface area contributed by atoms with E-state index in [4.69, 9.17) is 14.2 Å². The smallest absolute Gasteiger partial charge is 0.303 e. The molecule has 0 aromatic carbocycles. The van der Waals surface area contributed by atoms with Gasteiger partial charge in [0.2, 0.25) is 0 Å². The van der Waals surface area contributed by atoms with Crippen molar-refractivity contribution in [2.75, 3.05) is 6.61 Å². The molecule has 0 radical (unpaired) electrons. The number of rotatable bonds is 3. The number of hydrogen-bond donors (Lipinski definition) is 1. The summed E-state index contributed by atoms with van der Waals surface area (Å²) in [6.07, 6.45) is 1.23. The molecule has 1 aliphatic heterocycles. The number of carbonyl (C=O) groups is 3. The largest absolute Gasteiger partial charge is 0.458 e. The van der Waals surface area contributed by atoms with Gasteiger partial charge in [0.15, 0.2) is 5.78 Å². The van der Waals surface area contributed by atoms with Crippen molar-refractivity contribution in [3.05, 3.63) is 11.6 Å². The van der Waals surface area contributed by atoms with Gasteiger partial charge >= 0.3 is 11.9 Å². The standard InChI is InChI=1S/C28H42O7/c1-14(2)28-13-33-16(4)22(28)25(7)11-10-19-26(8,20(31)12-15(3)27(19,9)32)23(25)21(34-17(5)29)24(28)35-18(6)30/h12,14,16,19,21-24,32H,10-11,13H2,1-9H3. The van der Waals surface area contributed by atoms with Gasteiger partial charge in [0.1, 0.15) is 12.2 Å². The highest BCUT2D eigenvalue weighted by Gasteiger charge is 2.77. The third-order valence-electron chi connectivity index (χ3n) is 10.6. The Morgan fingerprint density at radius 3 is 2.26 bits per heavy atom. The summed E-state index contributed by atoms with van der Waals surface area (Å²) < 4.78 is 18.5. The van der Waals surface area contributed by atoms with Gasteiger partial charge in [-0.2, -0.15) is 0 Å². The molecule has 0 bridgehead atoms. The molecule has 3 aliphatic carbocycles. The monoisotopic (exact) mass is 490 g/mol. The molecule has 1 saturated heterocycles. The number of esters is 2. The lowest BCUT2D eigenvalue weighted by Crippen LogP contribution is -2.74. The number of ketones is 1. The lowest BCUT2D eigenvalue weighted by Gasteiger charge is -2.69. The zero-order chi connectivity index (χ0) is 26.3. The molecule has 1 N–H and O–H groups in total. The van der Waals surface area contributed by atoms with E-state index in [-0.39, 0.29) is 29.6 Å². The Labute approximate surface area is 208 Å². The lowest BCUT2D eigenvalue weighted by molar-refractivity contribution is -0.273. The van der Waals surface area contributed by atoms with Crippen LogP contribution in [0.3, 0.4) is 0 Å². The van der Waals surface area contributed by atoms with Gasteiger partial charge in [0, 0.05) is 42.4 Å². The predicted octanol–water partition coefficient (Wildman–Crippen LogP) is 3.86. The molecule has 196 valence electrons. The molecular formula is C28H42O7. The maximum Gasteiger partial charge on any atom is 0.303 e. The van der Waals surface area contributed by atoms with Crippen LogP contribution in [-0.2, 0) is 28.6 Å². The Balaban J connectivity index is 2.03. The van der Waals surface area contributed by atoms with Gasteiger partial charge in [-0.3, -0.25) is 14.4 Å². The van der Waals surface area contributed by atoms with E-state index in [9.17, 15) is 19.5 Å². The van der Waals surface area contributed by atoms with Crippen molar-refractivity contribution < 1.29 is 33.7 Å². The van der Waals surface area contributed by atoms with Crippen LogP contribution in [0.25, 0.3) is 0 Å². The number of ether oxygens (including phenoxy) is 3. The summed E-state index contributed by atoms with van der Waals surface area (Å²) in [5.74, 6) is -1.79. The van der Waals surface area contributed by atoms with Gasteiger partial charge in [0.05, 0.1) is 18.3 Å². The summed E-state index contributed by atoms with van der Waals surface area (Å²) >= 11 is 0. The summed E-state index contributed by atoms with van der Waals surface area (Å²) in [5.41, 5.74) is -2.57. The predicted molar refractivity (Wildman–Crippen MR) is 129 cm³/mol. The molecule has 10 atom stereocenters. The number of fused-ring (bicyclic) bond motifs is 5. The fourth-order valence-electron chi connectivity index (χ4n) is 9.16. The summed E-state index contributed by atoms with van der Waals surface area (Å²) in [6, 6.07) is 0. The van der Waals surface area contributed by atoms with Gasteiger partial charge < -0.3 is 19.3 Å². The Bertz CT molecular complexity index is 966. The second kappa shape index (κ2) is 8.14. The van der Waals surface area contributed by atoms with Crippen LogP contribution in [0, 0.1) is 39.9 Å². The number of aliphatic hydroxyl groups is 1. The number of allylic oxidation sites excluding steroid dienone is 1. The molecule has 0 aromatic rings. The first-order valence-electron chi connectivity index (χ1n) is 13.0. The fourth-order valence-corrected chi connectivity index (χ4v) is 9.16. The second-order valence-electron chi connectivity index (χ2n) is 12.6. The van der Waals surface area contributed by atoms with E-state index >= 15 is 0 Å². The van der Waals surface area contributed by atoms with Gasteiger partial charge in [-0.1, -0.05) is 27.7 Å². The van der Waals surface area contributed by atoms with Gasteiger partial charge in [-0.05, 0) is 56.6 Å². The minimum atomic E-state index is -1.17. The first-order valence-corrected chi connectivity index (χ1v) is 13.0. The molecule has 7 nitrogen and oxygen atoms in total. The molecule has 2 saturated carbocycles. The average molecular weight is 491 g/mol. The fraction of sp³-hybridized carbons (Fsp3) is 0.821. The summed E-state index contributed by atoms with van der Waals surface area (Å²) in [4.78, 5) is 38.9. The van der Waals surface area contributed by atoms with E-state index in [0.29, 0.717) is 18.6 Å². The highest BCUT2D eigenvalue weighted by Crippen LogP contribution is 2.72. The summed E-state index contributed by atoms with van der Waals surface area (Å²) in [7, 11) is 0. The summed E-state index contributed by atoms with van der Waals surface area (Å²) in [5, 5.41) is 11.6. The highest BCUT2D eigenvalue weighted by molar-refractivity contribution is 5.97. The van der Waals surface area contributed by atoms with Crippen LogP contribution in [0.4, 0.5) is 0 Å². The average Bonchev–Trinajstić information content (AvgIpc) is 3.08. The lowest BCUT2D eigenvalue weighted by atomic mass is 9.35. The maximum absolute atomic E-state index is 13.9. The number of carbonyl (C=O) groups excluding carboxylic acids is 3. The third kappa shape index (κ3) is 3.33. The molecular weight excluding hydrogens is 448 g/mol. The zero-order valence-electron chi connectivity index (χ0n) is 22.6. The normalized spacial score (nSPS) is 49.0. The minimum Gasteiger partial charge on any atom is -0.458 e. The first kappa shape index (κ1) is 26.3. The summed E-state index contributed by atoms with van der Waals surface area (Å²) in [6.45, 7) is 17.1. The van der Waals surface area contributed by atoms with Crippen LogP contribution in [0.5, 0.6) is 0 Å². The van der Waals surface area contributed by atoms with Crippen molar-refractivity contribution in [2.24, 2.45) is 39.9 Å². The van der Waals surface area contributed by atoms with Crippen molar-refractivity contribution in [2.45, 2.75) is 99.1 Å². The molecule has 7 heteroatoms. The quantitative estimate of drug-likeness (QED) is 0.600. The molecule has 35 heavy (non-hydrogen) atoms.